The molecule has 0 N–H and O–H groups in total. The fourth-order valence-corrected chi connectivity index (χ4v) is 2.13. The number of aromatic nitrogens is 2. The van der Waals surface area contributed by atoms with Crippen LogP contribution in [0.1, 0.15) is 17.0 Å². The van der Waals surface area contributed by atoms with Gasteiger partial charge in [0.05, 0.1) is 11.5 Å². The number of rotatable bonds is 3. The normalized spacial score (nSPS) is 10.6. The van der Waals surface area contributed by atoms with Gasteiger partial charge in [-0.3, -0.25) is 14.8 Å². The zero-order valence-electron chi connectivity index (χ0n) is 10.1. The third-order valence-electron chi connectivity index (χ3n) is 2.75. The summed E-state index contributed by atoms with van der Waals surface area (Å²) >= 11 is 5.90. The average molecular weight is 266 g/mol. The summed E-state index contributed by atoms with van der Waals surface area (Å²) in [4.78, 5) is 10.5. The highest BCUT2D eigenvalue weighted by atomic mass is 35.5. The lowest BCUT2D eigenvalue weighted by molar-refractivity contribution is -0.386. The van der Waals surface area contributed by atoms with Gasteiger partial charge in [-0.15, -0.1) is 0 Å². The Bertz CT molecular complexity index is 607. The molecule has 0 saturated carbocycles. The molecule has 0 saturated heterocycles. The van der Waals surface area contributed by atoms with Crippen molar-refractivity contribution in [2.24, 2.45) is 0 Å². The fraction of sp³-hybridized carbons (Fsp3) is 0.250. The first-order valence-electron chi connectivity index (χ1n) is 5.42. The van der Waals surface area contributed by atoms with Gasteiger partial charge in [0.2, 0.25) is 0 Å². The quantitative estimate of drug-likeness (QED) is 0.633. The molecular formula is C12H12ClN3O2. The minimum atomic E-state index is -0.397. The molecule has 6 heteroatoms. The standard InChI is InChI=1S/C12H12ClN3O2/c1-8-12(16(17)18)9(2)15(14-8)7-10-4-3-5-11(13)6-10/h3-6H,7H2,1-2H3. The van der Waals surface area contributed by atoms with Crippen molar-refractivity contribution in [3.63, 3.8) is 0 Å². The molecule has 5 nitrogen and oxygen atoms in total. The largest absolute Gasteiger partial charge is 0.312 e. The predicted octanol–water partition coefficient (Wildman–Crippen LogP) is 3.11. The van der Waals surface area contributed by atoms with E-state index in [2.05, 4.69) is 5.10 Å². The molecule has 2 rings (SSSR count). The highest BCUT2D eigenvalue weighted by molar-refractivity contribution is 6.30. The number of nitrogens with zero attached hydrogens (tertiary/aromatic N) is 3. The van der Waals surface area contributed by atoms with Gasteiger partial charge >= 0.3 is 5.69 Å². The molecule has 0 aliphatic heterocycles. The zero-order chi connectivity index (χ0) is 13.3. The third kappa shape index (κ3) is 2.36. The molecule has 0 atom stereocenters. The molecule has 0 radical (unpaired) electrons. The van der Waals surface area contributed by atoms with E-state index >= 15 is 0 Å². The van der Waals surface area contributed by atoms with Crippen LogP contribution in [0.25, 0.3) is 0 Å². The van der Waals surface area contributed by atoms with Crippen LogP contribution in [0.2, 0.25) is 5.02 Å². The van der Waals surface area contributed by atoms with Crippen LogP contribution in [0.15, 0.2) is 24.3 Å². The number of benzene rings is 1. The van der Waals surface area contributed by atoms with Gasteiger partial charge in [0.1, 0.15) is 11.4 Å². The van der Waals surface area contributed by atoms with Crippen molar-refractivity contribution in [3.8, 4) is 0 Å². The molecule has 1 heterocycles. The first-order chi connectivity index (χ1) is 8.49. The van der Waals surface area contributed by atoms with Crippen molar-refractivity contribution in [2.45, 2.75) is 20.4 Å². The summed E-state index contributed by atoms with van der Waals surface area (Å²) in [6.45, 7) is 3.81. The van der Waals surface area contributed by atoms with Crippen molar-refractivity contribution in [1.29, 1.82) is 0 Å². The molecule has 0 fully saturated rings. The van der Waals surface area contributed by atoms with Crippen LogP contribution in [-0.2, 0) is 6.54 Å². The van der Waals surface area contributed by atoms with E-state index < -0.39 is 4.92 Å². The summed E-state index contributed by atoms with van der Waals surface area (Å²) in [5.41, 5.74) is 2.03. The summed E-state index contributed by atoms with van der Waals surface area (Å²) in [5, 5.41) is 15.7. The summed E-state index contributed by atoms with van der Waals surface area (Å²) < 4.78 is 1.62. The fourth-order valence-electron chi connectivity index (χ4n) is 1.91. The summed E-state index contributed by atoms with van der Waals surface area (Å²) in [6, 6.07) is 7.37. The van der Waals surface area contributed by atoms with E-state index in [4.69, 9.17) is 11.6 Å². The Kier molecular flexibility index (Phi) is 3.34. The van der Waals surface area contributed by atoms with Crippen molar-refractivity contribution in [3.05, 3.63) is 56.4 Å². The monoisotopic (exact) mass is 265 g/mol. The number of hydrogen-bond acceptors (Lipinski definition) is 3. The molecule has 0 bridgehead atoms. The van der Waals surface area contributed by atoms with E-state index in [-0.39, 0.29) is 5.69 Å². The smallest absolute Gasteiger partial charge is 0.258 e. The second-order valence-electron chi connectivity index (χ2n) is 4.06. The van der Waals surface area contributed by atoms with Gasteiger partial charge in [-0.25, -0.2) is 0 Å². The molecule has 0 unspecified atom stereocenters. The van der Waals surface area contributed by atoms with Gasteiger partial charge in [-0.2, -0.15) is 5.10 Å². The molecule has 94 valence electrons. The Hall–Kier alpha value is -1.88. The van der Waals surface area contributed by atoms with Crippen LogP contribution in [-0.4, -0.2) is 14.7 Å². The number of halogens is 1. The molecule has 0 aliphatic carbocycles. The van der Waals surface area contributed by atoms with Crippen molar-refractivity contribution in [1.82, 2.24) is 9.78 Å². The van der Waals surface area contributed by atoms with E-state index in [1.165, 1.54) is 0 Å². The molecule has 0 amide bonds. The van der Waals surface area contributed by atoms with Crippen molar-refractivity contribution >= 4 is 17.3 Å². The van der Waals surface area contributed by atoms with Crippen molar-refractivity contribution < 1.29 is 4.92 Å². The average Bonchev–Trinajstić information content (AvgIpc) is 2.54. The van der Waals surface area contributed by atoms with E-state index in [0.717, 1.165) is 5.56 Å². The minimum absolute atomic E-state index is 0.0806. The Balaban J connectivity index is 2.36. The first kappa shape index (κ1) is 12.6. The number of nitro groups is 1. The van der Waals surface area contributed by atoms with Crippen LogP contribution in [0.4, 0.5) is 5.69 Å². The molecule has 0 spiro atoms. The number of aryl methyl sites for hydroxylation is 1. The molecule has 1 aromatic heterocycles. The SMILES string of the molecule is Cc1nn(Cc2cccc(Cl)c2)c(C)c1[N+](=O)[O-]. The van der Waals surface area contributed by atoms with Gasteiger partial charge in [-0.1, -0.05) is 23.7 Å². The van der Waals surface area contributed by atoms with Crippen molar-refractivity contribution in [2.75, 3.05) is 0 Å². The lowest BCUT2D eigenvalue weighted by Gasteiger charge is -2.04. The van der Waals surface area contributed by atoms with Gasteiger partial charge in [0, 0.05) is 5.02 Å². The van der Waals surface area contributed by atoms with Crippen LogP contribution >= 0.6 is 11.6 Å². The van der Waals surface area contributed by atoms with Gasteiger partial charge in [0.25, 0.3) is 0 Å². The molecule has 18 heavy (non-hydrogen) atoms. The molecule has 2 aromatic rings. The summed E-state index contributed by atoms with van der Waals surface area (Å²) in [7, 11) is 0. The van der Waals surface area contributed by atoms with Crippen LogP contribution in [0, 0.1) is 24.0 Å². The van der Waals surface area contributed by atoms with Crippen LogP contribution in [0.3, 0.4) is 0 Å². The van der Waals surface area contributed by atoms with Crippen LogP contribution < -0.4 is 0 Å². The Morgan fingerprint density at radius 3 is 2.72 bits per heavy atom. The zero-order valence-corrected chi connectivity index (χ0v) is 10.8. The lowest BCUT2D eigenvalue weighted by atomic mass is 10.2. The lowest BCUT2D eigenvalue weighted by Crippen LogP contribution is -2.04. The first-order valence-corrected chi connectivity index (χ1v) is 5.79. The topological polar surface area (TPSA) is 61.0 Å². The molecular weight excluding hydrogens is 254 g/mol. The third-order valence-corrected chi connectivity index (χ3v) is 2.98. The van der Waals surface area contributed by atoms with E-state index in [9.17, 15) is 10.1 Å². The highest BCUT2D eigenvalue weighted by Gasteiger charge is 2.21. The summed E-state index contributed by atoms with van der Waals surface area (Å²) in [5.74, 6) is 0. The maximum Gasteiger partial charge on any atom is 0.312 e. The Morgan fingerprint density at radius 1 is 1.44 bits per heavy atom. The van der Waals surface area contributed by atoms with Gasteiger partial charge in [-0.05, 0) is 31.5 Å². The second kappa shape index (κ2) is 4.78. The van der Waals surface area contributed by atoms with Crippen LogP contribution in [0.5, 0.6) is 0 Å². The Morgan fingerprint density at radius 2 is 2.17 bits per heavy atom. The van der Waals surface area contributed by atoms with E-state index in [1.54, 1.807) is 24.6 Å². The van der Waals surface area contributed by atoms with Gasteiger partial charge in [0.15, 0.2) is 0 Å². The highest BCUT2D eigenvalue weighted by Crippen LogP contribution is 2.22. The van der Waals surface area contributed by atoms with E-state index in [0.29, 0.717) is 23.0 Å². The molecule has 0 aliphatic rings. The minimum Gasteiger partial charge on any atom is -0.258 e. The summed E-state index contributed by atoms with van der Waals surface area (Å²) in [6.07, 6.45) is 0. The van der Waals surface area contributed by atoms with Gasteiger partial charge < -0.3 is 0 Å². The maximum absolute atomic E-state index is 10.9. The predicted molar refractivity (Wildman–Crippen MR) is 68.9 cm³/mol. The van der Waals surface area contributed by atoms with E-state index in [1.807, 2.05) is 18.2 Å². The maximum atomic E-state index is 10.9. The Labute approximate surface area is 109 Å². The molecule has 1 aromatic carbocycles. The second-order valence-corrected chi connectivity index (χ2v) is 4.50. The number of hydrogen-bond donors (Lipinski definition) is 0.